The molecule has 0 radical (unpaired) electrons. The van der Waals surface area contributed by atoms with Crippen LogP contribution in [0.15, 0.2) is 47.1 Å². The molecule has 0 amide bonds. The number of nitrogen functional groups attached to an aromatic ring is 1. The predicted octanol–water partition coefficient (Wildman–Crippen LogP) is 3.86. The zero-order chi connectivity index (χ0) is 13.7. The van der Waals surface area contributed by atoms with Gasteiger partial charge in [-0.25, -0.2) is 4.98 Å². The SMILES string of the molecule is CC(CCc1ccccc1)Nc1ncc(N)cc1Br. The Morgan fingerprint density at radius 3 is 2.74 bits per heavy atom. The first kappa shape index (κ1) is 13.9. The average Bonchev–Trinajstić information content (AvgIpc) is 2.41. The van der Waals surface area contributed by atoms with Gasteiger partial charge in [0.25, 0.3) is 0 Å². The van der Waals surface area contributed by atoms with Crippen molar-refractivity contribution >= 4 is 27.4 Å². The molecule has 3 N–H and O–H groups in total. The van der Waals surface area contributed by atoms with Gasteiger partial charge in [0.05, 0.1) is 16.4 Å². The van der Waals surface area contributed by atoms with Gasteiger partial charge < -0.3 is 11.1 Å². The third kappa shape index (κ3) is 4.24. The molecule has 3 nitrogen and oxygen atoms in total. The Balaban J connectivity index is 1.89. The summed E-state index contributed by atoms with van der Waals surface area (Å²) in [6, 6.07) is 12.7. The van der Waals surface area contributed by atoms with Crippen molar-refractivity contribution in [1.82, 2.24) is 4.98 Å². The number of aryl methyl sites for hydroxylation is 1. The number of nitrogens with zero attached hydrogens (tertiary/aromatic N) is 1. The van der Waals surface area contributed by atoms with Gasteiger partial charge in [-0.05, 0) is 47.3 Å². The zero-order valence-electron chi connectivity index (χ0n) is 10.9. The van der Waals surface area contributed by atoms with E-state index >= 15 is 0 Å². The number of aromatic nitrogens is 1. The highest BCUT2D eigenvalue weighted by Crippen LogP contribution is 2.23. The van der Waals surface area contributed by atoms with Crippen LogP contribution in [0.2, 0.25) is 0 Å². The number of rotatable bonds is 5. The van der Waals surface area contributed by atoms with E-state index < -0.39 is 0 Å². The fraction of sp³-hybridized carbons (Fsp3) is 0.267. The lowest BCUT2D eigenvalue weighted by Gasteiger charge is -2.15. The standard InChI is InChI=1S/C15H18BrN3/c1-11(7-8-12-5-3-2-4-6-12)19-15-14(16)9-13(17)10-18-15/h2-6,9-11H,7-8,17H2,1H3,(H,18,19). The number of hydrogen-bond donors (Lipinski definition) is 2. The minimum atomic E-state index is 0.354. The first-order valence-electron chi connectivity index (χ1n) is 6.36. The van der Waals surface area contributed by atoms with Crippen molar-refractivity contribution in [2.45, 2.75) is 25.8 Å². The fourth-order valence-corrected chi connectivity index (χ4v) is 2.37. The summed E-state index contributed by atoms with van der Waals surface area (Å²) in [6.45, 7) is 2.16. The van der Waals surface area contributed by atoms with Crippen molar-refractivity contribution in [1.29, 1.82) is 0 Å². The number of pyridine rings is 1. The van der Waals surface area contributed by atoms with Crippen molar-refractivity contribution in [3.8, 4) is 0 Å². The molecule has 100 valence electrons. The lowest BCUT2D eigenvalue weighted by atomic mass is 10.1. The van der Waals surface area contributed by atoms with Crippen molar-refractivity contribution in [2.75, 3.05) is 11.1 Å². The topological polar surface area (TPSA) is 50.9 Å². The second-order valence-corrected chi connectivity index (χ2v) is 5.52. The molecule has 4 heteroatoms. The van der Waals surface area contributed by atoms with Gasteiger partial charge in [0.1, 0.15) is 5.82 Å². The minimum Gasteiger partial charge on any atom is -0.397 e. The molecule has 0 saturated heterocycles. The summed E-state index contributed by atoms with van der Waals surface area (Å²) in [5.41, 5.74) is 7.70. The first-order chi connectivity index (χ1) is 9.15. The molecular formula is C15H18BrN3. The van der Waals surface area contributed by atoms with Crippen LogP contribution in [0.4, 0.5) is 11.5 Å². The molecule has 0 aliphatic rings. The second kappa shape index (κ2) is 6.57. The Labute approximate surface area is 122 Å². The van der Waals surface area contributed by atoms with Crippen molar-refractivity contribution in [3.63, 3.8) is 0 Å². The van der Waals surface area contributed by atoms with E-state index in [4.69, 9.17) is 5.73 Å². The lowest BCUT2D eigenvalue weighted by Crippen LogP contribution is -2.17. The normalized spacial score (nSPS) is 12.1. The average molecular weight is 320 g/mol. The van der Waals surface area contributed by atoms with Gasteiger partial charge >= 0.3 is 0 Å². The molecule has 1 atom stereocenters. The molecule has 0 bridgehead atoms. The number of hydrogen-bond acceptors (Lipinski definition) is 3. The fourth-order valence-electron chi connectivity index (χ4n) is 1.89. The highest BCUT2D eigenvalue weighted by Gasteiger charge is 2.07. The predicted molar refractivity (Wildman–Crippen MR) is 84.2 cm³/mol. The van der Waals surface area contributed by atoms with Gasteiger partial charge in [0.15, 0.2) is 0 Å². The van der Waals surface area contributed by atoms with Gasteiger partial charge in [-0.3, -0.25) is 0 Å². The Morgan fingerprint density at radius 2 is 2.05 bits per heavy atom. The van der Waals surface area contributed by atoms with Crippen LogP contribution in [0.5, 0.6) is 0 Å². The summed E-state index contributed by atoms with van der Waals surface area (Å²) in [4.78, 5) is 4.29. The molecular weight excluding hydrogens is 302 g/mol. The molecule has 2 rings (SSSR count). The van der Waals surface area contributed by atoms with Crippen LogP contribution in [-0.4, -0.2) is 11.0 Å². The molecule has 1 aromatic heterocycles. The summed E-state index contributed by atoms with van der Waals surface area (Å²) in [5.74, 6) is 0.842. The van der Waals surface area contributed by atoms with Crippen LogP contribution in [0, 0.1) is 0 Å². The Morgan fingerprint density at radius 1 is 1.32 bits per heavy atom. The molecule has 2 aromatic rings. The van der Waals surface area contributed by atoms with Gasteiger partial charge in [-0.15, -0.1) is 0 Å². The summed E-state index contributed by atoms with van der Waals surface area (Å²) in [5, 5.41) is 3.39. The summed E-state index contributed by atoms with van der Waals surface area (Å²) in [6.07, 6.45) is 3.78. The third-order valence-corrected chi connectivity index (χ3v) is 3.56. The summed E-state index contributed by atoms with van der Waals surface area (Å²) < 4.78 is 0.902. The van der Waals surface area contributed by atoms with Gasteiger partial charge in [-0.2, -0.15) is 0 Å². The zero-order valence-corrected chi connectivity index (χ0v) is 12.5. The molecule has 0 spiro atoms. The number of nitrogens with two attached hydrogens (primary N) is 1. The van der Waals surface area contributed by atoms with Crippen LogP contribution in [0.3, 0.4) is 0 Å². The minimum absolute atomic E-state index is 0.354. The van der Waals surface area contributed by atoms with E-state index in [1.165, 1.54) is 5.56 Å². The van der Waals surface area contributed by atoms with E-state index in [9.17, 15) is 0 Å². The van der Waals surface area contributed by atoms with Crippen LogP contribution < -0.4 is 11.1 Å². The molecule has 0 fully saturated rings. The van der Waals surface area contributed by atoms with E-state index in [1.54, 1.807) is 6.20 Å². The number of anilines is 2. The van der Waals surface area contributed by atoms with Crippen LogP contribution in [0.25, 0.3) is 0 Å². The quantitative estimate of drug-likeness (QED) is 0.879. The Bertz CT molecular complexity index is 528. The first-order valence-corrected chi connectivity index (χ1v) is 7.16. The van der Waals surface area contributed by atoms with Crippen LogP contribution in [-0.2, 0) is 6.42 Å². The maximum Gasteiger partial charge on any atom is 0.140 e. The molecule has 19 heavy (non-hydrogen) atoms. The highest BCUT2D eigenvalue weighted by molar-refractivity contribution is 9.10. The van der Waals surface area contributed by atoms with Crippen LogP contribution in [0.1, 0.15) is 18.9 Å². The van der Waals surface area contributed by atoms with E-state index in [2.05, 4.69) is 57.4 Å². The number of halogens is 1. The molecule has 0 aliphatic carbocycles. The van der Waals surface area contributed by atoms with Gasteiger partial charge in [-0.1, -0.05) is 30.3 Å². The Kier molecular flexibility index (Phi) is 4.80. The highest BCUT2D eigenvalue weighted by atomic mass is 79.9. The van der Waals surface area contributed by atoms with E-state index in [0.29, 0.717) is 11.7 Å². The molecule has 0 aliphatic heterocycles. The van der Waals surface area contributed by atoms with E-state index in [0.717, 1.165) is 23.1 Å². The maximum atomic E-state index is 5.67. The van der Waals surface area contributed by atoms with Crippen molar-refractivity contribution in [2.24, 2.45) is 0 Å². The number of nitrogens with one attached hydrogen (secondary N) is 1. The molecule has 1 aromatic carbocycles. The van der Waals surface area contributed by atoms with Crippen LogP contribution >= 0.6 is 15.9 Å². The molecule has 0 saturated carbocycles. The monoisotopic (exact) mass is 319 g/mol. The third-order valence-electron chi connectivity index (χ3n) is 2.95. The second-order valence-electron chi connectivity index (χ2n) is 4.67. The van der Waals surface area contributed by atoms with E-state index in [1.807, 2.05) is 12.1 Å². The molecule has 1 heterocycles. The maximum absolute atomic E-state index is 5.67. The van der Waals surface area contributed by atoms with E-state index in [-0.39, 0.29) is 0 Å². The van der Waals surface area contributed by atoms with Crippen molar-refractivity contribution in [3.05, 3.63) is 52.6 Å². The lowest BCUT2D eigenvalue weighted by molar-refractivity contribution is 0.702. The smallest absolute Gasteiger partial charge is 0.140 e. The number of benzene rings is 1. The Hall–Kier alpha value is -1.55. The largest absolute Gasteiger partial charge is 0.397 e. The van der Waals surface area contributed by atoms with Gasteiger partial charge in [0.2, 0.25) is 0 Å². The van der Waals surface area contributed by atoms with Crippen molar-refractivity contribution < 1.29 is 0 Å². The summed E-state index contributed by atoms with van der Waals surface area (Å²) >= 11 is 3.47. The van der Waals surface area contributed by atoms with Gasteiger partial charge in [0, 0.05) is 6.04 Å². The summed E-state index contributed by atoms with van der Waals surface area (Å²) in [7, 11) is 0. The molecule has 1 unspecified atom stereocenters.